The van der Waals surface area contributed by atoms with Crippen molar-refractivity contribution in [3.8, 4) is 5.75 Å². The zero-order chi connectivity index (χ0) is 23.0. The van der Waals surface area contributed by atoms with Crippen LogP contribution in [0.15, 0.2) is 24.3 Å². The third-order valence-electron chi connectivity index (χ3n) is 4.03. The lowest BCUT2D eigenvalue weighted by Crippen LogP contribution is -2.63. The molecule has 0 saturated carbocycles. The summed E-state index contributed by atoms with van der Waals surface area (Å²) in [6.45, 7) is 1.55. The molecule has 172 valence electrons. The van der Waals surface area contributed by atoms with Crippen LogP contribution in [0.25, 0.3) is 0 Å². The molecule has 1 unspecified atom stereocenters. The van der Waals surface area contributed by atoms with Gasteiger partial charge in [0.1, 0.15) is 5.75 Å². The summed E-state index contributed by atoms with van der Waals surface area (Å²) in [5.41, 5.74) is 0.495. The summed E-state index contributed by atoms with van der Waals surface area (Å²) in [6, 6.07) is 3.81. The highest BCUT2D eigenvalue weighted by Gasteiger charge is 2.86. The molecule has 0 radical (unpaired) electrons. The average molecular weight is 475 g/mol. The van der Waals surface area contributed by atoms with Gasteiger partial charge in [0.2, 0.25) is 0 Å². The van der Waals surface area contributed by atoms with Crippen molar-refractivity contribution in [1.29, 1.82) is 0 Å². The van der Waals surface area contributed by atoms with Crippen LogP contribution in [-0.2, 0) is 21.3 Å². The Morgan fingerprint density at radius 3 is 2.00 bits per heavy atom. The molecule has 1 fully saturated rings. The Bertz CT molecular complexity index is 835. The Kier molecular flexibility index (Phi) is 6.60. The Hall–Kier alpha value is -1.74. The van der Waals surface area contributed by atoms with Gasteiger partial charge >= 0.3 is 33.4 Å². The largest absolute Gasteiger partial charge is 0.460 e. The molecule has 15 heteroatoms. The van der Waals surface area contributed by atoms with Crippen LogP contribution in [0, 0.1) is 0 Å². The quantitative estimate of drug-likeness (QED) is 0.484. The van der Waals surface area contributed by atoms with Crippen LogP contribution in [-0.4, -0.2) is 57.5 Å². The maximum atomic E-state index is 13.6. The van der Waals surface area contributed by atoms with Gasteiger partial charge in [-0.3, -0.25) is 0 Å². The number of hydrogen-bond acceptors (Lipinski definition) is 5. The summed E-state index contributed by atoms with van der Waals surface area (Å²) >= 11 is 0. The summed E-state index contributed by atoms with van der Waals surface area (Å²) in [5.74, 6) is -15.7. The smallest absolute Gasteiger partial charge is 0.378 e. The minimum absolute atomic E-state index is 0.262. The van der Waals surface area contributed by atoms with E-state index in [1.54, 1.807) is 0 Å². The van der Waals surface area contributed by atoms with Crippen molar-refractivity contribution in [3.05, 3.63) is 29.8 Å². The predicted octanol–water partition coefficient (Wildman–Crippen LogP) is 3.35. The van der Waals surface area contributed by atoms with Crippen molar-refractivity contribution in [2.24, 2.45) is 0 Å². The molecule has 1 aromatic rings. The molecule has 2 rings (SSSR count). The van der Waals surface area contributed by atoms with E-state index in [1.807, 2.05) is 0 Å². The van der Waals surface area contributed by atoms with Gasteiger partial charge < -0.3 is 14.2 Å². The van der Waals surface area contributed by atoms with Crippen molar-refractivity contribution in [3.63, 3.8) is 0 Å². The van der Waals surface area contributed by atoms with Gasteiger partial charge in [-0.05, 0) is 24.1 Å². The van der Waals surface area contributed by atoms with Gasteiger partial charge in [-0.2, -0.15) is 47.9 Å². The molecule has 0 spiro atoms. The first-order chi connectivity index (χ1) is 13.5. The van der Waals surface area contributed by atoms with Crippen LogP contribution in [0.4, 0.5) is 39.5 Å². The van der Waals surface area contributed by atoms with E-state index in [2.05, 4.69) is 9.50 Å². The van der Waals surface area contributed by atoms with Crippen LogP contribution in [0.5, 0.6) is 5.75 Å². The van der Waals surface area contributed by atoms with Gasteiger partial charge in [-0.1, -0.05) is 12.1 Å². The van der Waals surface area contributed by atoms with Crippen LogP contribution >= 0.6 is 0 Å². The number of ether oxygens (including phenoxy) is 1. The maximum Gasteiger partial charge on any atom is 0.460 e. The van der Waals surface area contributed by atoms with E-state index in [9.17, 15) is 47.9 Å². The lowest BCUT2D eigenvalue weighted by molar-refractivity contribution is -0.382. The summed E-state index contributed by atoms with van der Waals surface area (Å²) in [4.78, 5) is 0. The molecular formula is C15H14F9NO4S. The standard InChI is InChI=1S/C15H14F9NO4S/c16-12(17,14(20,21)22)13(18,19)15(23,24)30(26,27)29-10-3-1-9(2-4-10)7-11-8-25-5-6-28-11/h1-4,11,25H,5-8H2. The van der Waals surface area contributed by atoms with Crippen molar-refractivity contribution in [2.75, 3.05) is 19.7 Å². The molecule has 1 saturated heterocycles. The fourth-order valence-corrected chi connectivity index (χ4v) is 3.30. The van der Waals surface area contributed by atoms with E-state index >= 15 is 0 Å². The van der Waals surface area contributed by atoms with E-state index in [1.165, 1.54) is 0 Å². The zero-order valence-corrected chi connectivity index (χ0v) is 15.5. The number of morpholine rings is 1. The SMILES string of the molecule is O=S(=O)(Oc1ccc(CC2CNCCO2)cc1)C(F)(F)C(F)(F)C(F)(F)C(F)(F)F. The van der Waals surface area contributed by atoms with E-state index in [0.717, 1.165) is 24.3 Å². The number of benzene rings is 1. The van der Waals surface area contributed by atoms with E-state index in [4.69, 9.17) is 4.74 Å². The highest BCUT2D eigenvalue weighted by molar-refractivity contribution is 7.88. The van der Waals surface area contributed by atoms with Crippen LogP contribution in [0.2, 0.25) is 0 Å². The first kappa shape index (κ1) is 24.5. The lowest BCUT2D eigenvalue weighted by Gasteiger charge is -2.32. The van der Waals surface area contributed by atoms with Crippen molar-refractivity contribution >= 4 is 10.1 Å². The summed E-state index contributed by atoms with van der Waals surface area (Å²) < 4.78 is 148. The summed E-state index contributed by atoms with van der Waals surface area (Å²) in [5, 5.41) is -3.88. The topological polar surface area (TPSA) is 64.6 Å². The van der Waals surface area contributed by atoms with Crippen molar-refractivity contribution in [2.45, 2.75) is 35.8 Å². The highest BCUT2D eigenvalue weighted by atomic mass is 32.2. The number of nitrogens with one attached hydrogen (secondary N) is 1. The molecule has 1 heterocycles. The minimum atomic E-state index is -7.35. The number of hydrogen-bond donors (Lipinski definition) is 1. The predicted molar refractivity (Wildman–Crippen MR) is 83.2 cm³/mol. The summed E-state index contributed by atoms with van der Waals surface area (Å²) in [6.07, 6.45) is -7.11. The highest BCUT2D eigenvalue weighted by Crippen LogP contribution is 2.54. The second-order valence-corrected chi connectivity index (χ2v) is 7.83. The number of alkyl halides is 9. The molecule has 1 aromatic carbocycles. The van der Waals surface area contributed by atoms with Gasteiger partial charge in [-0.15, -0.1) is 0 Å². The second kappa shape index (κ2) is 8.07. The van der Waals surface area contributed by atoms with Gasteiger partial charge in [-0.25, -0.2) is 0 Å². The first-order valence-electron chi connectivity index (χ1n) is 8.08. The molecule has 5 nitrogen and oxygen atoms in total. The van der Waals surface area contributed by atoms with E-state index < -0.39 is 39.1 Å². The molecule has 0 bridgehead atoms. The second-order valence-electron chi connectivity index (χ2n) is 6.25. The molecule has 1 N–H and O–H groups in total. The molecule has 0 aromatic heterocycles. The normalized spacial score (nSPS) is 19.6. The molecule has 0 aliphatic carbocycles. The van der Waals surface area contributed by atoms with E-state index in [0.29, 0.717) is 31.7 Å². The molecule has 1 atom stereocenters. The zero-order valence-electron chi connectivity index (χ0n) is 14.7. The molecular weight excluding hydrogens is 461 g/mol. The Morgan fingerprint density at radius 1 is 0.967 bits per heavy atom. The van der Waals surface area contributed by atoms with Gasteiger partial charge in [0.25, 0.3) is 0 Å². The molecule has 1 aliphatic rings. The third kappa shape index (κ3) is 4.46. The fraction of sp³-hybridized carbons (Fsp3) is 0.600. The minimum Gasteiger partial charge on any atom is -0.378 e. The van der Waals surface area contributed by atoms with E-state index in [-0.39, 0.29) is 6.10 Å². The monoisotopic (exact) mass is 475 g/mol. The fourth-order valence-electron chi connectivity index (χ4n) is 2.39. The Labute approximate surface area is 164 Å². The summed E-state index contributed by atoms with van der Waals surface area (Å²) in [7, 11) is -6.95. The maximum absolute atomic E-state index is 13.6. The Balaban J connectivity index is 2.20. The molecule has 0 amide bonds. The van der Waals surface area contributed by atoms with Gasteiger partial charge in [0, 0.05) is 13.1 Å². The van der Waals surface area contributed by atoms with Crippen LogP contribution in [0.3, 0.4) is 0 Å². The first-order valence-corrected chi connectivity index (χ1v) is 9.49. The van der Waals surface area contributed by atoms with Crippen LogP contribution < -0.4 is 9.50 Å². The van der Waals surface area contributed by atoms with Crippen molar-refractivity contribution in [1.82, 2.24) is 5.32 Å². The van der Waals surface area contributed by atoms with Crippen LogP contribution in [0.1, 0.15) is 5.56 Å². The Morgan fingerprint density at radius 2 is 1.53 bits per heavy atom. The average Bonchev–Trinajstić information content (AvgIpc) is 2.62. The van der Waals surface area contributed by atoms with Gasteiger partial charge in [0.05, 0.1) is 12.7 Å². The van der Waals surface area contributed by atoms with Crippen molar-refractivity contribution < 1.29 is 56.9 Å². The third-order valence-corrected chi connectivity index (χ3v) is 5.32. The molecule has 1 aliphatic heterocycles. The number of halogens is 9. The number of rotatable bonds is 7. The molecule has 30 heavy (non-hydrogen) atoms. The van der Waals surface area contributed by atoms with Gasteiger partial charge in [0.15, 0.2) is 0 Å². The lowest BCUT2D eigenvalue weighted by atomic mass is 10.1.